The zero-order chi connectivity index (χ0) is 13.8. The molecule has 0 aliphatic carbocycles. The van der Waals surface area contributed by atoms with Gasteiger partial charge < -0.3 is 9.63 Å². The highest BCUT2D eigenvalue weighted by Gasteiger charge is 2.18. The van der Waals surface area contributed by atoms with E-state index in [1.54, 1.807) is 13.8 Å². The van der Waals surface area contributed by atoms with Gasteiger partial charge in [0.05, 0.1) is 17.2 Å². The molecule has 0 saturated carbocycles. The van der Waals surface area contributed by atoms with Gasteiger partial charge in [-0.1, -0.05) is 5.16 Å². The number of nitrogens with zero attached hydrogens (tertiary/aromatic N) is 1. The summed E-state index contributed by atoms with van der Waals surface area (Å²) in [5.41, 5.74) is 1.19. The topological polar surface area (TPSA) is 97.5 Å². The molecule has 1 heterocycles. The second-order valence-corrected chi connectivity index (χ2v) is 6.43. The van der Waals surface area contributed by atoms with Crippen molar-refractivity contribution in [3.8, 4) is 0 Å². The molecule has 0 fully saturated rings. The maximum Gasteiger partial charge on any atom is 0.303 e. The van der Waals surface area contributed by atoms with E-state index in [1.807, 2.05) is 0 Å². The van der Waals surface area contributed by atoms with E-state index in [-0.39, 0.29) is 17.9 Å². The summed E-state index contributed by atoms with van der Waals surface area (Å²) >= 11 is 0. The molecule has 0 bridgehead atoms. The maximum atomic E-state index is 11.8. The van der Waals surface area contributed by atoms with Gasteiger partial charge in [-0.05, 0) is 26.7 Å². The minimum Gasteiger partial charge on any atom is -0.481 e. The molecule has 1 rings (SSSR count). The SMILES string of the molecule is Cc1noc(C)c1CS(=O)(=O)CCCCC(=O)O. The molecule has 0 radical (unpaired) electrons. The first-order valence-electron chi connectivity index (χ1n) is 5.66. The Labute approximate surface area is 106 Å². The number of unbranched alkanes of at least 4 members (excludes halogenated alkanes) is 1. The van der Waals surface area contributed by atoms with Crippen LogP contribution in [0.3, 0.4) is 0 Å². The normalized spacial score (nSPS) is 11.7. The molecule has 0 aliphatic heterocycles. The van der Waals surface area contributed by atoms with Gasteiger partial charge >= 0.3 is 5.97 Å². The molecule has 18 heavy (non-hydrogen) atoms. The van der Waals surface area contributed by atoms with Gasteiger partial charge in [0.15, 0.2) is 9.84 Å². The molecule has 1 N–H and O–H groups in total. The summed E-state index contributed by atoms with van der Waals surface area (Å²) in [6.45, 7) is 3.38. The lowest BCUT2D eigenvalue weighted by Crippen LogP contribution is -2.11. The van der Waals surface area contributed by atoms with E-state index in [9.17, 15) is 13.2 Å². The summed E-state index contributed by atoms with van der Waals surface area (Å²) in [5.74, 6) is -0.495. The van der Waals surface area contributed by atoms with E-state index in [1.165, 1.54) is 0 Å². The fourth-order valence-electron chi connectivity index (χ4n) is 1.60. The van der Waals surface area contributed by atoms with Crippen molar-refractivity contribution in [1.82, 2.24) is 5.16 Å². The predicted molar refractivity (Wildman–Crippen MR) is 65.0 cm³/mol. The number of aromatic nitrogens is 1. The van der Waals surface area contributed by atoms with Gasteiger partial charge in [-0.2, -0.15) is 0 Å². The monoisotopic (exact) mass is 275 g/mol. The van der Waals surface area contributed by atoms with Gasteiger partial charge in [0.1, 0.15) is 5.76 Å². The standard InChI is InChI=1S/C11H17NO5S/c1-8-10(9(2)17-12-8)7-18(15,16)6-4-3-5-11(13)14/h3-7H2,1-2H3,(H,13,14). The number of carboxylic acids is 1. The Morgan fingerprint density at radius 1 is 1.33 bits per heavy atom. The molecule has 0 saturated heterocycles. The van der Waals surface area contributed by atoms with Crippen molar-refractivity contribution in [1.29, 1.82) is 0 Å². The summed E-state index contributed by atoms with van der Waals surface area (Å²) in [7, 11) is -3.24. The Hall–Kier alpha value is -1.37. The van der Waals surface area contributed by atoms with Crippen molar-refractivity contribution >= 4 is 15.8 Å². The van der Waals surface area contributed by atoms with Crippen LogP contribution in [-0.4, -0.2) is 30.4 Å². The van der Waals surface area contributed by atoms with E-state index >= 15 is 0 Å². The van der Waals surface area contributed by atoms with Gasteiger partial charge in [-0.3, -0.25) is 4.79 Å². The number of hydrogen-bond donors (Lipinski definition) is 1. The van der Waals surface area contributed by atoms with E-state index < -0.39 is 15.8 Å². The van der Waals surface area contributed by atoms with Crippen LogP contribution in [0.15, 0.2) is 4.52 Å². The highest BCUT2D eigenvalue weighted by Crippen LogP contribution is 2.16. The van der Waals surface area contributed by atoms with E-state index in [0.717, 1.165) is 0 Å². The smallest absolute Gasteiger partial charge is 0.303 e. The second-order valence-electron chi connectivity index (χ2n) is 4.25. The number of rotatable bonds is 7. The number of carbonyl (C=O) groups is 1. The molecule has 0 atom stereocenters. The van der Waals surface area contributed by atoms with Crippen molar-refractivity contribution in [2.24, 2.45) is 0 Å². The van der Waals surface area contributed by atoms with Crippen LogP contribution in [0.2, 0.25) is 0 Å². The third-order valence-electron chi connectivity index (χ3n) is 2.64. The number of carboxylic acid groups (broad SMARTS) is 1. The Morgan fingerprint density at radius 2 is 2.00 bits per heavy atom. The maximum absolute atomic E-state index is 11.8. The number of hydrogen-bond acceptors (Lipinski definition) is 5. The minimum atomic E-state index is -3.24. The predicted octanol–water partition coefficient (Wildman–Crippen LogP) is 1.46. The van der Waals surface area contributed by atoms with E-state index in [4.69, 9.17) is 9.63 Å². The molecule has 6 nitrogen and oxygen atoms in total. The molecule has 0 aliphatic rings. The van der Waals surface area contributed by atoms with Crippen LogP contribution in [0.5, 0.6) is 0 Å². The Bertz CT molecular complexity index is 498. The molecular weight excluding hydrogens is 258 g/mol. The average Bonchev–Trinajstić information content (AvgIpc) is 2.56. The molecule has 0 amide bonds. The largest absolute Gasteiger partial charge is 0.481 e. The van der Waals surface area contributed by atoms with Gasteiger partial charge in [-0.25, -0.2) is 8.42 Å². The van der Waals surface area contributed by atoms with Crippen LogP contribution in [0, 0.1) is 13.8 Å². The fraction of sp³-hybridized carbons (Fsp3) is 0.636. The first-order chi connectivity index (χ1) is 8.32. The Morgan fingerprint density at radius 3 is 2.50 bits per heavy atom. The third-order valence-corrected chi connectivity index (χ3v) is 4.28. The van der Waals surface area contributed by atoms with Gasteiger partial charge in [0.2, 0.25) is 0 Å². The van der Waals surface area contributed by atoms with E-state index in [2.05, 4.69) is 5.16 Å². The lowest BCUT2D eigenvalue weighted by molar-refractivity contribution is -0.137. The number of aliphatic carboxylic acids is 1. The van der Waals surface area contributed by atoms with Gasteiger partial charge in [0.25, 0.3) is 0 Å². The van der Waals surface area contributed by atoms with Gasteiger partial charge in [0, 0.05) is 12.0 Å². The summed E-state index contributed by atoms with van der Waals surface area (Å²) in [5, 5.41) is 12.2. The summed E-state index contributed by atoms with van der Waals surface area (Å²) < 4.78 is 28.6. The van der Waals surface area contributed by atoms with Crippen LogP contribution in [0.4, 0.5) is 0 Å². The van der Waals surface area contributed by atoms with Crippen LogP contribution >= 0.6 is 0 Å². The summed E-state index contributed by atoms with van der Waals surface area (Å²) in [6.07, 6.45) is 0.731. The second kappa shape index (κ2) is 5.99. The van der Waals surface area contributed by atoms with Crippen LogP contribution in [0.1, 0.15) is 36.3 Å². The van der Waals surface area contributed by atoms with Crippen molar-refractivity contribution < 1.29 is 22.8 Å². The molecule has 0 spiro atoms. The first-order valence-corrected chi connectivity index (χ1v) is 7.48. The van der Waals surface area contributed by atoms with Crippen molar-refractivity contribution in [2.75, 3.05) is 5.75 Å². The first kappa shape index (κ1) is 14.7. The van der Waals surface area contributed by atoms with Crippen molar-refractivity contribution in [2.45, 2.75) is 38.9 Å². The Balaban J connectivity index is 2.53. The van der Waals surface area contributed by atoms with E-state index in [0.29, 0.717) is 29.9 Å². The highest BCUT2D eigenvalue weighted by molar-refractivity contribution is 7.90. The molecule has 1 aromatic rings. The lowest BCUT2D eigenvalue weighted by atomic mass is 10.2. The summed E-state index contributed by atoms with van der Waals surface area (Å²) in [6, 6.07) is 0. The quantitative estimate of drug-likeness (QED) is 0.756. The molecule has 102 valence electrons. The van der Waals surface area contributed by atoms with Crippen LogP contribution in [0.25, 0.3) is 0 Å². The summed E-state index contributed by atoms with van der Waals surface area (Å²) in [4.78, 5) is 10.3. The zero-order valence-electron chi connectivity index (χ0n) is 10.5. The molecule has 1 aromatic heterocycles. The molecule has 0 unspecified atom stereocenters. The van der Waals surface area contributed by atoms with Crippen molar-refractivity contribution in [3.05, 3.63) is 17.0 Å². The third kappa shape index (κ3) is 4.48. The van der Waals surface area contributed by atoms with Gasteiger partial charge in [-0.15, -0.1) is 0 Å². The fourth-order valence-corrected chi connectivity index (χ4v) is 3.24. The lowest BCUT2D eigenvalue weighted by Gasteiger charge is -2.03. The van der Waals surface area contributed by atoms with Crippen molar-refractivity contribution in [3.63, 3.8) is 0 Å². The molecular formula is C11H17NO5S. The average molecular weight is 275 g/mol. The van der Waals surface area contributed by atoms with Crippen LogP contribution < -0.4 is 0 Å². The zero-order valence-corrected chi connectivity index (χ0v) is 11.3. The Kier molecular flexibility index (Phi) is 4.89. The highest BCUT2D eigenvalue weighted by atomic mass is 32.2. The number of aryl methyl sites for hydroxylation is 2. The van der Waals surface area contributed by atoms with Crippen LogP contribution in [-0.2, 0) is 20.4 Å². The number of sulfone groups is 1. The molecule has 0 aromatic carbocycles. The molecule has 7 heteroatoms. The minimum absolute atomic E-state index is 0.000835.